The van der Waals surface area contributed by atoms with Crippen LogP contribution in [0.2, 0.25) is 0 Å². The first-order valence-electron chi connectivity index (χ1n) is 5.13. The summed E-state index contributed by atoms with van der Waals surface area (Å²) in [4.78, 5) is 17.8. The van der Waals surface area contributed by atoms with Gasteiger partial charge in [-0.3, -0.25) is 4.79 Å². The minimum atomic E-state index is 0.158. The Morgan fingerprint density at radius 1 is 1.67 bits per heavy atom. The van der Waals surface area contributed by atoms with Gasteiger partial charge in [-0.05, 0) is 29.0 Å². The molecule has 2 heterocycles. The average Bonchev–Trinajstić information content (AvgIpc) is 2.59. The third kappa shape index (κ3) is 1.77. The highest BCUT2D eigenvalue weighted by molar-refractivity contribution is 14.1. The number of fused-ring (bicyclic) bond motifs is 1. The molecule has 0 saturated heterocycles. The molecule has 0 bridgehead atoms. The molecular weight excluding hydrogens is 305 g/mol. The number of amides is 1. The predicted octanol–water partition coefficient (Wildman–Crippen LogP) is 1.80. The maximum atomic E-state index is 11.5. The van der Waals surface area contributed by atoms with Gasteiger partial charge < -0.3 is 9.47 Å². The largest absolute Gasteiger partial charge is 0.333 e. The first-order chi connectivity index (χ1) is 7.15. The van der Waals surface area contributed by atoms with Crippen molar-refractivity contribution in [1.82, 2.24) is 14.5 Å². The van der Waals surface area contributed by atoms with Crippen molar-refractivity contribution in [2.45, 2.75) is 32.9 Å². The van der Waals surface area contributed by atoms with E-state index in [2.05, 4.69) is 39.1 Å². The van der Waals surface area contributed by atoms with Crippen LogP contribution >= 0.6 is 22.6 Å². The molecule has 4 nitrogen and oxygen atoms in total. The number of aromatic nitrogens is 2. The number of carbonyl (C=O) groups excluding carboxylic acids is 1. The second kappa shape index (κ2) is 4.11. The lowest BCUT2D eigenvalue weighted by molar-refractivity contribution is -0.132. The van der Waals surface area contributed by atoms with Gasteiger partial charge in [0.05, 0.1) is 18.1 Å². The fourth-order valence-electron chi connectivity index (χ4n) is 2.18. The summed E-state index contributed by atoms with van der Waals surface area (Å²) in [6.45, 7) is 5.41. The van der Waals surface area contributed by atoms with E-state index in [9.17, 15) is 4.79 Å². The van der Waals surface area contributed by atoms with Crippen molar-refractivity contribution in [2.24, 2.45) is 0 Å². The van der Waals surface area contributed by atoms with Gasteiger partial charge in [0.2, 0.25) is 5.91 Å². The van der Waals surface area contributed by atoms with Crippen LogP contribution in [-0.4, -0.2) is 26.9 Å². The lowest BCUT2D eigenvalue weighted by Crippen LogP contribution is -2.40. The summed E-state index contributed by atoms with van der Waals surface area (Å²) in [5.74, 6) is 0.158. The number of hydrogen-bond acceptors (Lipinski definition) is 2. The second-order valence-corrected chi connectivity index (χ2v) is 4.77. The first kappa shape index (κ1) is 10.9. The molecule has 82 valence electrons. The van der Waals surface area contributed by atoms with E-state index < -0.39 is 0 Å². The van der Waals surface area contributed by atoms with E-state index >= 15 is 0 Å². The molecule has 1 aliphatic rings. The van der Waals surface area contributed by atoms with Crippen LogP contribution < -0.4 is 0 Å². The summed E-state index contributed by atoms with van der Waals surface area (Å²) in [6.07, 6.45) is 2.82. The molecule has 0 N–H and O–H groups in total. The average molecular weight is 319 g/mol. The number of carbonyl (C=O) groups is 1. The SMILES string of the molecule is CCC1c2c(I)ncn2CCN1C(C)=O. The van der Waals surface area contributed by atoms with Gasteiger partial charge in [0, 0.05) is 20.0 Å². The highest BCUT2D eigenvalue weighted by atomic mass is 127. The Hall–Kier alpha value is -0.590. The van der Waals surface area contributed by atoms with Gasteiger partial charge in [-0.15, -0.1) is 0 Å². The van der Waals surface area contributed by atoms with E-state index in [0.717, 1.165) is 23.2 Å². The van der Waals surface area contributed by atoms with Gasteiger partial charge in [0.15, 0.2) is 0 Å². The van der Waals surface area contributed by atoms with E-state index in [1.54, 1.807) is 6.92 Å². The van der Waals surface area contributed by atoms with Crippen molar-refractivity contribution in [2.75, 3.05) is 6.54 Å². The van der Waals surface area contributed by atoms with E-state index in [0.29, 0.717) is 0 Å². The van der Waals surface area contributed by atoms with E-state index in [1.165, 1.54) is 5.69 Å². The minimum absolute atomic E-state index is 0.158. The first-order valence-corrected chi connectivity index (χ1v) is 6.20. The highest BCUT2D eigenvalue weighted by Gasteiger charge is 2.30. The van der Waals surface area contributed by atoms with Crippen molar-refractivity contribution in [3.05, 3.63) is 15.7 Å². The maximum Gasteiger partial charge on any atom is 0.220 e. The second-order valence-electron chi connectivity index (χ2n) is 3.75. The van der Waals surface area contributed by atoms with E-state index in [-0.39, 0.29) is 11.9 Å². The summed E-state index contributed by atoms with van der Waals surface area (Å²) in [5, 5.41) is 0. The zero-order valence-corrected chi connectivity index (χ0v) is 11.1. The maximum absolute atomic E-state index is 11.5. The normalized spacial score (nSPS) is 20.2. The number of rotatable bonds is 1. The third-order valence-corrected chi connectivity index (χ3v) is 3.73. The van der Waals surface area contributed by atoms with Crippen LogP contribution in [0.15, 0.2) is 6.33 Å². The molecule has 0 aliphatic carbocycles. The molecule has 0 aromatic carbocycles. The predicted molar refractivity (Wildman–Crippen MR) is 65.4 cm³/mol. The van der Waals surface area contributed by atoms with Crippen molar-refractivity contribution in [3.63, 3.8) is 0 Å². The van der Waals surface area contributed by atoms with Crippen molar-refractivity contribution in [3.8, 4) is 0 Å². The van der Waals surface area contributed by atoms with E-state index in [4.69, 9.17) is 0 Å². The summed E-state index contributed by atoms with van der Waals surface area (Å²) in [5.41, 5.74) is 1.19. The number of halogens is 1. The van der Waals surface area contributed by atoms with Crippen LogP contribution in [0.25, 0.3) is 0 Å². The molecule has 0 spiro atoms. The molecule has 1 amide bonds. The summed E-state index contributed by atoms with van der Waals surface area (Å²) < 4.78 is 3.18. The zero-order valence-electron chi connectivity index (χ0n) is 8.90. The number of imidazole rings is 1. The van der Waals surface area contributed by atoms with Gasteiger partial charge in [-0.2, -0.15) is 0 Å². The number of nitrogens with zero attached hydrogens (tertiary/aromatic N) is 3. The van der Waals surface area contributed by atoms with Gasteiger partial charge in [-0.25, -0.2) is 4.98 Å². The lowest BCUT2D eigenvalue weighted by Gasteiger charge is -2.35. The van der Waals surface area contributed by atoms with Gasteiger partial charge in [-0.1, -0.05) is 6.92 Å². The Morgan fingerprint density at radius 3 is 3.00 bits per heavy atom. The standard InChI is InChI=1S/C10H14IN3O/c1-3-8-9-10(11)12-6-13(9)4-5-14(8)7(2)15/h6,8H,3-5H2,1-2H3. The lowest BCUT2D eigenvalue weighted by atomic mass is 10.1. The van der Waals surface area contributed by atoms with E-state index in [1.807, 2.05) is 11.2 Å². The summed E-state index contributed by atoms with van der Waals surface area (Å²) >= 11 is 2.24. The zero-order chi connectivity index (χ0) is 11.0. The molecule has 2 rings (SSSR count). The van der Waals surface area contributed by atoms with Crippen LogP contribution in [0.5, 0.6) is 0 Å². The molecule has 1 atom stereocenters. The van der Waals surface area contributed by atoms with Crippen LogP contribution in [0, 0.1) is 3.70 Å². The fraction of sp³-hybridized carbons (Fsp3) is 0.600. The Labute approximate surface area is 103 Å². The summed E-state index contributed by atoms with van der Waals surface area (Å²) in [7, 11) is 0. The van der Waals surface area contributed by atoms with Gasteiger partial charge in [0.1, 0.15) is 3.70 Å². The Bertz CT molecular complexity index is 388. The molecule has 1 aliphatic heterocycles. The van der Waals surface area contributed by atoms with Crippen molar-refractivity contribution >= 4 is 28.5 Å². The molecule has 15 heavy (non-hydrogen) atoms. The van der Waals surface area contributed by atoms with Crippen LogP contribution in [0.1, 0.15) is 32.0 Å². The molecular formula is C10H14IN3O. The summed E-state index contributed by atoms with van der Waals surface area (Å²) in [6, 6.07) is 0.200. The van der Waals surface area contributed by atoms with Crippen LogP contribution in [0.3, 0.4) is 0 Å². The topological polar surface area (TPSA) is 38.1 Å². The third-order valence-electron chi connectivity index (χ3n) is 2.90. The quantitative estimate of drug-likeness (QED) is 0.741. The highest BCUT2D eigenvalue weighted by Crippen LogP contribution is 2.31. The minimum Gasteiger partial charge on any atom is -0.333 e. The van der Waals surface area contributed by atoms with Crippen LogP contribution in [0.4, 0.5) is 0 Å². The molecule has 0 fully saturated rings. The molecule has 1 aromatic heterocycles. The molecule has 1 aromatic rings. The van der Waals surface area contributed by atoms with Gasteiger partial charge in [0.25, 0.3) is 0 Å². The molecule has 0 radical (unpaired) electrons. The van der Waals surface area contributed by atoms with Gasteiger partial charge >= 0.3 is 0 Å². The fourth-order valence-corrected chi connectivity index (χ4v) is 2.98. The smallest absolute Gasteiger partial charge is 0.220 e. The Kier molecular flexibility index (Phi) is 2.99. The van der Waals surface area contributed by atoms with Crippen LogP contribution in [-0.2, 0) is 11.3 Å². The molecule has 5 heteroatoms. The molecule has 0 saturated carbocycles. The molecule has 1 unspecified atom stereocenters. The van der Waals surface area contributed by atoms with Crippen molar-refractivity contribution in [1.29, 1.82) is 0 Å². The Balaban J connectivity index is 2.41. The van der Waals surface area contributed by atoms with Crippen molar-refractivity contribution < 1.29 is 4.79 Å². The Morgan fingerprint density at radius 2 is 2.40 bits per heavy atom. The number of hydrogen-bond donors (Lipinski definition) is 0. The monoisotopic (exact) mass is 319 g/mol.